The maximum atomic E-state index is 6.06. The Kier molecular flexibility index (Phi) is 6.51. The minimum absolute atomic E-state index is 0.140. The van der Waals surface area contributed by atoms with Crippen LogP contribution in [-0.4, -0.2) is 47.0 Å². The number of piperidine rings is 1. The Hall–Kier alpha value is -2.06. The van der Waals surface area contributed by atoms with Gasteiger partial charge in [-0.3, -0.25) is 0 Å². The molecule has 1 aliphatic rings. The van der Waals surface area contributed by atoms with E-state index in [9.17, 15) is 0 Å². The average Bonchev–Trinajstić information content (AvgIpc) is 2.65. The van der Waals surface area contributed by atoms with E-state index in [1.165, 1.54) is 6.33 Å². The second-order valence-corrected chi connectivity index (χ2v) is 7.25. The van der Waals surface area contributed by atoms with Crippen molar-refractivity contribution in [2.75, 3.05) is 31.3 Å². The molecule has 1 saturated heterocycles. The van der Waals surface area contributed by atoms with Gasteiger partial charge in [-0.25, -0.2) is 9.97 Å². The van der Waals surface area contributed by atoms with E-state index in [-0.39, 0.29) is 6.10 Å². The molecule has 0 saturated carbocycles. The number of aromatic nitrogens is 3. The lowest BCUT2D eigenvalue weighted by molar-refractivity contribution is 0.149. The number of nitrogens with one attached hydrogen (secondary N) is 2. The molecule has 0 amide bonds. The van der Waals surface area contributed by atoms with Crippen molar-refractivity contribution in [1.29, 1.82) is 0 Å². The number of aryl methyl sites for hydroxylation is 1. The molecule has 3 heterocycles. The van der Waals surface area contributed by atoms with Gasteiger partial charge in [0.1, 0.15) is 12.4 Å². The Balaban J connectivity index is 1.80. The minimum atomic E-state index is 0.140. The molecule has 8 heteroatoms. The normalized spacial score (nSPS) is 14.9. The van der Waals surface area contributed by atoms with E-state index in [4.69, 9.17) is 9.47 Å². The van der Waals surface area contributed by atoms with E-state index in [2.05, 4.69) is 32.5 Å². The average molecular weight is 375 g/mol. The van der Waals surface area contributed by atoms with Gasteiger partial charge in [0.05, 0.1) is 23.5 Å². The van der Waals surface area contributed by atoms with Gasteiger partial charge in [-0.1, -0.05) is 6.92 Å². The molecule has 2 aromatic rings. The van der Waals surface area contributed by atoms with E-state index in [0.29, 0.717) is 17.4 Å². The van der Waals surface area contributed by atoms with Crippen molar-refractivity contribution < 1.29 is 9.47 Å². The molecule has 1 aliphatic heterocycles. The van der Waals surface area contributed by atoms with Gasteiger partial charge in [-0.2, -0.15) is 4.98 Å². The molecule has 26 heavy (non-hydrogen) atoms. The highest BCUT2D eigenvalue weighted by molar-refractivity contribution is 7.99. The van der Waals surface area contributed by atoms with E-state index < -0.39 is 0 Å². The Morgan fingerprint density at radius 3 is 2.77 bits per heavy atom. The molecule has 0 aliphatic carbocycles. The van der Waals surface area contributed by atoms with E-state index in [0.717, 1.165) is 48.1 Å². The van der Waals surface area contributed by atoms with Gasteiger partial charge in [-0.15, -0.1) is 11.8 Å². The second kappa shape index (κ2) is 9.05. The van der Waals surface area contributed by atoms with Crippen molar-refractivity contribution in [3.05, 3.63) is 24.2 Å². The Morgan fingerprint density at radius 1 is 1.27 bits per heavy atom. The summed E-state index contributed by atoms with van der Waals surface area (Å²) in [4.78, 5) is 13.2. The number of hydrogen-bond donors (Lipinski definition) is 2. The number of rotatable bonds is 7. The highest BCUT2D eigenvalue weighted by Crippen LogP contribution is 2.35. The highest BCUT2D eigenvalue weighted by atomic mass is 32.2. The van der Waals surface area contributed by atoms with Crippen LogP contribution < -0.4 is 20.1 Å². The van der Waals surface area contributed by atoms with Crippen LogP contribution in [-0.2, 0) is 0 Å². The lowest BCUT2D eigenvalue weighted by Crippen LogP contribution is -2.34. The van der Waals surface area contributed by atoms with Gasteiger partial charge in [0.2, 0.25) is 5.75 Å². The zero-order valence-electron chi connectivity index (χ0n) is 15.4. The summed E-state index contributed by atoms with van der Waals surface area (Å²) in [6.45, 7) is 6.00. The van der Waals surface area contributed by atoms with Crippen molar-refractivity contribution in [2.45, 2.75) is 37.8 Å². The molecule has 0 atom stereocenters. The lowest BCUT2D eigenvalue weighted by Gasteiger charge is -2.24. The smallest absolute Gasteiger partial charge is 0.262 e. The van der Waals surface area contributed by atoms with Crippen molar-refractivity contribution >= 4 is 23.3 Å². The van der Waals surface area contributed by atoms with E-state index in [1.807, 2.05) is 19.1 Å². The summed E-state index contributed by atoms with van der Waals surface area (Å²) >= 11 is 1.72. The molecule has 1 fully saturated rings. The summed E-state index contributed by atoms with van der Waals surface area (Å²) in [6, 6.07) is 4.01. The Bertz CT molecular complexity index is 738. The fourth-order valence-corrected chi connectivity index (χ4v) is 3.47. The minimum Gasteiger partial charge on any atom is -0.489 e. The Morgan fingerprint density at radius 2 is 2.08 bits per heavy atom. The fraction of sp³-hybridized carbons (Fsp3) is 0.500. The molecule has 3 rings (SSSR count). The first kappa shape index (κ1) is 18.7. The molecule has 140 valence electrons. The largest absolute Gasteiger partial charge is 0.489 e. The second-order valence-electron chi connectivity index (χ2n) is 5.97. The van der Waals surface area contributed by atoms with Gasteiger partial charge in [0.15, 0.2) is 5.82 Å². The van der Waals surface area contributed by atoms with Crippen molar-refractivity contribution in [2.24, 2.45) is 0 Å². The van der Waals surface area contributed by atoms with Gasteiger partial charge in [0.25, 0.3) is 5.88 Å². The summed E-state index contributed by atoms with van der Waals surface area (Å²) in [6.07, 6.45) is 3.54. The van der Waals surface area contributed by atoms with Crippen LogP contribution in [0.5, 0.6) is 11.6 Å². The zero-order valence-corrected chi connectivity index (χ0v) is 16.2. The van der Waals surface area contributed by atoms with Crippen LogP contribution in [0.15, 0.2) is 23.5 Å². The summed E-state index contributed by atoms with van der Waals surface area (Å²) in [5.41, 5.74) is 1.79. The number of anilines is 2. The first-order chi connectivity index (χ1) is 12.7. The predicted octanol–water partition coefficient (Wildman–Crippen LogP) is 3.18. The molecule has 7 nitrogen and oxygen atoms in total. The number of nitrogens with zero attached hydrogens (tertiary/aromatic N) is 3. The van der Waals surface area contributed by atoms with E-state index >= 15 is 0 Å². The van der Waals surface area contributed by atoms with Gasteiger partial charge >= 0.3 is 0 Å². The molecular formula is C18H25N5O2S. The molecule has 0 bridgehead atoms. The number of ether oxygens (including phenoxy) is 2. The van der Waals surface area contributed by atoms with Crippen LogP contribution in [0.1, 0.15) is 25.5 Å². The van der Waals surface area contributed by atoms with Gasteiger partial charge in [0, 0.05) is 0 Å². The van der Waals surface area contributed by atoms with Crippen molar-refractivity contribution in [3.8, 4) is 11.6 Å². The lowest BCUT2D eigenvalue weighted by atomic mass is 10.1. The quantitative estimate of drug-likeness (QED) is 0.714. The van der Waals surface area contributed by atoms with Crippen LogP contribution in [0.3, 0.4) is 0 Å². The summed E-state index contributed by atoms with van der Waals surface area (Å²) in [5.74, 6) is 2.56. The van der Waals surface area contributed by atoms with Crippen LogP contribution in [0.4, 0.5) is 11.5 Å². The first-order valence-corrected chi connectivity index (χ1v) is 9.83. The maximum Gasteiger partial charge on any atom is 0.262 e. The Labute approximate surface area is 158 Å². The molecule has 0 spiro atoms. The molecule has 2 aromatic heterocycles. The molecule has 0 aromatic carbocycles. The zero-order chi connectivity index (χ0) is 18.4. The predicted molar refractivity (Wildman–Crippen MR) is 104 cm³/mol. The molecular weight excluding hydrogens is 350 g/mol. The van der Waals surface area contributed by atoms with Crippen LogP contribution in [0, 0.1) is 6.92 Å². The standard InChI is InChI=1S/C18H25N5O2S/c1-4-26-15-6-5-14(12(2)22-15)23-17-16(24-3)18(21-11-20-17)25-13-7-9-19-10-8-13/h5-6,11,13,19H,4,7-10H2,1-3H3,(H,20,21,23). The summed E-state index contributed by atoms with van der Waals surface area (Å²) < 4.78 is 11.6. The van der Waals surface area contributed by atoms with Gasteiger partial charge < -0.3 is 20.1 Å². The molecule has 0 radical (unpaired) electrons. The third-order valence-corrected chi connectivity index (χ3v) is 4.96. The van der Waals surface area contributed by atoms with Gasteiger partial charge in [-0.05, 0) is 50.7 Å². The monoisotopic (exact) mass is 375 g/mol. The summed E-state index contributed by atoms with van der Waals surface area (Å²) in [7, 11) is 1.60. The van der Waals surface area contributed by atoms with E-state index in [1.54, 1.807) is 18.9 Å². The third kappa shape index (κ3) is 4.56. The molecule has 0 unspecified atom stereocenters. The summed E-state index contributed by atoms with van der Waals surface area (Å²) in [5, 5.41) is 7.64. The number of hydrogen-bond acceptors (Lipinski definition) is 8. The third-order valence-electron chi connectivity index (χ3n) is 4.15. The fourth-order valence-electron chi connectivity index (χ4n) is 2.81. The van der Waals surface area contributed by atoms with Crippen LogP contribution >= 0.6 is 11.8 Å². The number of thioether (sulfide) groups is 1. The maximum absolute atomic E-state index is 6.06. The first-order valence-electron chi connectivity index (χ1n) is 8.85. The topological polar surface area (TPSA) is 81.2 Å². The highest BCUT2D eigenvalue weighted by Gasteiger charge is 2.20. The van der Waals surface area contributed by atoms with Crippen molar-refractivity contribution in [1.82, 2.24) is 20.3 Å². The SMILES string of the molecule is CCSc1ccc(Nc2ncnc(OC3CCNCC3)c2OC)c(C)n1. The van der Waals surface area contributed by atoms with Crippen LogP contribution in [0.25, 0.3) is 0 Å². The molecule has 2 N–H and O–H groups in total. The van der Waals surface area contributed by atoms with Crippen LogP contribution in [0.2, 0.25) is 0 Å². The number of pyridine rings is 1. The number of methoxy groups -OCH3 is 1. The van der Waals surface area contributed by atoms with Crippen molar-refractivity contribution in [3.63, 3.8) is 0 Å².